The van der Waals surface area contributed by atoms with Gasteiger partial charge in [-0.25, -0.2) is 13.2 Å². The molecule has 0 bridgehead atoms. The Morgan fingerprint density at radius 3 is 2.11 bits per heavy atom. The van der Waals surface area contributed by atoms with Gasteiger partial charge in [0.05, 0.1) is 0 Å². The molecular formula is C15H12ClF3. The second-order valence-electron chi connectivity index (χ2n) is 4.34. The Labute approximate surface area is 114 Å². The molecular weight excluding hydrogens is 273 g/mol. The normalized spacial score (nSPS) is 12.4. The van der Waals surface area contributed by atoms with Crippen molar-refractivity contribution in [3.8, 4) is 0 Å². The molecule has 0 radical (unpaired) electrons. The minimum atomic E-state index is -0.606. The Morgan fingerprint density at radius 2 is 1.53 bits per heavy atom. The lowest BCUT2D eigenvalue weighted by molar-refractivity contribution is 0.565. The highest BCUT2D eigenvalue weighted by Gasteiger charge is 2.14. The molecule has 2 aromatic rings. The molecule has 100 valence electrons. The van der Waals surface area contributed by atoms with E-state index < -0.39 is 11.6 Å². The zero-order valence-electron chi connectivity index (χ0n) is 10.0. The van der Waals surface area contributed by atoms with E-state index in [-0.39, 0.29) is 17.6 Å². The lowest BCUT2D eigenvalue weighted by Crippen LogP contribution is -2.06. The number of hydrogen-bond donors (Lipinski definition) is 0. The van der Waals surface area contributed by atoms with E-state index in [4.69, 9.17) is 11.6 Å². The van der Waals surface area contributed by atoms with Crippen molar-refractivity contribution in [3.63, 3.8) is 0 Å². The average molecular weight is 285 g/mol. The summed E-state index contributed by atoms with van der Waals surface area (Å²) in [6.07, 6.45) is 0.348. The van der Waals surface area contributed by atoms with Gasteiger partial charge in [-0.05, 0) is 35.7 Å². The first kappa shape index (κ1) is 13.9. The van der Waals surface area contributed by atoms with Gasteiger partial charge in [-0.2, -0.15) is 0 Å². The standard InChI is InChI=1S/C15H12ClF3/c16-9-12(10-1-4-13(17)5-2-10)7-11-3-6-14(18)8-15(11)19/h1-6,8,12H,7,9H2. The zero-order valence-corrected chi connectivity index (χ0v) is 10.8. The lowest BCUT2D eigenvalue weighted by atomic mass is 9.93. The van der Waals surface area contributed by atoms with Gasteiger partial charge in [0.2, 0.25) is 0 Å². The fourth-order valence-electron chi connectivity index (χ4n) is 1.95. The van der Waals surface area contributed by atoms with Crippen molar-refractivity contribution in [1.82, 2.24) is 0 Å². The first-order valence-electron chi connectivity index (χ1n) is 5.85. The minimum Gasteiger partial charge on any atom is -0.207 e. The number of hydrogen-bond acceptors (Lipinski definition) is 0. The minimum absolute atomic E-state index is 0.137. The maximum absolute atomic E-state index is 13.6. The van der Waals surface area contributed by atoms with Crippen molar-refractivity contribution < 1.29 is 13.2 Å². The highest BCUT2D eigenvalue weighted by Crippen LogP contribution is 2.24. The van der Waals surface area contributed by atoms with Crippen LogP contribution in [0.25, 0.3) is 0 Å². The highest BCUT2D eigenvalue weighted by atomic mass is 35.5. The second kappa shape index (κ2) is 6.11. The van der Waals surface area contributed by atoms with E-state index in [2.05, 4.69) is 0 Å². The van der Waals surface area contributed by atoms with Crippen LogP contribution in [0.2, 0.25) is 0 Å². The van der Waals surface area contributed by atoms with Crippen molar-refractivity contribution in [2.75, 3.05) is 5.88 Å². The van der Waals surface area contributed by atoms with Crippen LogP contribution in [0.1, 0.15) is 17.0 Å². The molecule has 0 spiro atoms. The van der Waals surface area contributed by atoms with Gasteiger partial charge >= 0.3 is 0 Å². The Kier molecular flexibility index (Phi) is 4.48. The van der Waals surface area contributed by atoms with E-state index in [1.54, 1.807) is 12.1 Å². The van der Waals surface area contributed by atoms with E-state index in [0.29, 0.717) is 12.0 Å². The molecule has 0 nitrogen and oxygen atoms in total. The Bertz CT molecular complexity index is 552. The molecule has 0 aliphatic rings. The third kappa shape index (κ3) is 3.51. The maximum Gasteiger partial charge on any atom is 0.129 e. The van der Waals surface area contributed by atoms with Crippen LogP contribution < -0.4 is 0 Å². The smallest absolute Gasteiger partial charge is 0.129 e. The molecule has 0 saturated heterocycles. The molecule has 0 fully saturated rings. The van der Waals surface area contributed by atoms with Crippen LogP contribution in [0.4, 0.5) is 13.2 Å². The molecule has 19 heavy (non-hydrogen) atoms. The topological polar surface area (TPSA) is 0 Å². The summed E-state index contributed by atoms with van der Waals surface area (Å²) in [5, 5.41) is 0. The Morgan fingerprint density at radius 1 is 0.895 bits per heavy atom. The van der Waals surface area contributed by atoms with Crippen molar-refractivity contribution >= 4 is 11.6 Å². The summed E-state index contributed by atoms with van der Waals surface area (Å²) in [7, 11) is 0. The summed E-state index contributed by atoms with van der Waals surface area (Å²) in [5.41, 5.74) is 1.23. The van der Waals surface area contributed by atoms with Gasteiger partial charge in [-0.1, -0.05) is 18.2 Å². The number of halogens is 4. The monoisotopic (exact) mass is 284 g/mol. The van der Waals surface area contributed by atoms with Crippen LogP contribution in [0.3, 0.4) is 0 Å². The molecule has 0 aromatic heterocycles. The summed E-state index contributed by atoms with van der Waals surface area (Å²) in [6, 6.07) is 9.42. The van der Waals surface area contributed by atoms with Crippen LogP contribution in [0, 0.1) is 17.5 Å². The largest absolute Gasteiger partial charge is 0.207 e. The number of benzene rings is 2. The fourth-order valence-corrected chi connectivity index (χ4v) is 2.24. The summed E-state index contributed by atoms with van der Waals surface area (Å²) in [4.78, 5) is 0. The molecule has 0 heterocycles. The van der Waals surface area contributed by atoms with Crippen molar-refractivity contribution in [2.24, 2.45) is 0 Å². The van der Waals surface area contributed by atoms with Crippen LogP contribution in [0.5, 0.6) is 0 Å². The summed E-state index contributed by atoms with van der Waals surface area (Å²) < 4.78 is 39.3. The molecule has 2 rings (SSSR count). The molecule has 0 aliphatic heterocycles. The quantitative estimate of drug-likeness (QED) is 0.716. The Hall–Kier alpha value is -1.48. The number of alkyl halides is 1. The SMILES string of the molecule is Fc1ccc(C(CCl)Cc2ccc(F)cc2F)cc1. The fraction of sp³-hybridized carbons (Fsp3) is 0.200. The zero-order chi connectivity index (χ0) is 13.8. The third-order valence-electron chi connectivity index (χ3n) is 3.01. The van der Waals surface area contributed by atoms with Crippen LogP contribution >= 0.6 is 11.6 Å². The predicted molar refractivity (Wildman–Crippen MR) is 69.9 cm³/mol. The van der Waals surface area contributed by atoms with E-state index in [9.17, 15) is 13.2 Å². The molecule has 1 atom stereocenters. The van der Waals surface area contributed by atoms with E-state index in [1.165, 1.54) is 24.3 Å². The van der Waals surface area contributed by atoms with Gasteiger partial charge in [0.25, 0.3) is 0 Å². The third-order valence-corrected chi connectivity index (χ3v) is 3.38. The number of rotatable bonds is 4. The van der Waals surface area contributed by atoms with E-state index in [1.807, 2.05) is 0 Å². The molecule has 2 aromatic carbocycles. The second-order valence-corrected chi connectivity index (χ2v) is 4.65. The van der Waals surface area contributed by atoms with Crippen LogP contribution in [-0.2, 0) is 6.42 Å². The van der Waals surface area contributed by atoms with Gasteiger partial charge in [0, 0.05) is 17.9 Å². The summed E-state index contributed by atoms with van der Waals surface area (Å²) in [6.45, 7) is 0. The molecule has 0 N–H and O–H groups in total. The van der Waals surface area contributed by atoms with Crippen LogP contribution in [0.15, 0.2) is 42.5 Å². The molecule has 0 aliphatic carbocycles. The molecule has 0 saturated carbocycles. The first-order chi connectivity index (χ1) is 9.10. The van der Waals surface area contributed by atoms with E-state index in [0.717, 1.165) is 11.6 Å². The average Bonchev–Trinajstić information content (AvgIpc) is 2.39. The van der Waals surface area contributed by atoms with Crippen molar-refractivity contribution in [3.05, 3.63) is 71.0 Å². The maximum atomic E-state index is 13.6. The molecule has 1 unspecified atom stereocenters. The van der Waals surface area contributed by atoms with Gasteiger partial charge < -0.3 is 0 Å². The van der Waals surface area contributed by atoms with Gasteiger partial charge in [-0.15, -0.1) is 11.6 Å². The molecule has 4 heteroatoms. The summed E-state index contributed by atoms with van der Waals surface area (Å²) >= 11 is 5.89. The predicted octanol–water partition coefficient (Wildman–Crippen LogP) is 4.67. The highest BCUT2D eigenvalue weighted by molar-refractivity contribution is 6.18. The van der Waals surface area contributed by atoms with E-state index >= 15 is 0 Å². The van der Waals surface area contributed by atoms with Gasteiger partial charge in [0.15, 0.2) is 0 Å². The summed E-state index contributed by atoms with van der Waals surface area (Å²) in [5.74, 6) is -1.38. The van der Waals surface area contributed by atoms with Crippen molar-refractivity contribution in [1.29, 1.82) is 0 Å². The first-order valence-corrected chi connectivity index (χ1v) is 6.39. The molecule has 0 amide bonds. The van der Waals surface area contributed by atoms with Gasteiger partial charge in [-0.3, -0.25) is 0 Å². The lowest BCUT2D eigenvalue weighted by Gasteiger charge is -2.15. The van der Waals surface area contributed by atoms with Crippen LogP contribution in [-0.4, -0.2) is 5.88 Å². The van der Waals surface area contributed by atoms with Crippen molar-refractivity contribution in [2.45, 2.75) is 12.3 Å². The van der Waals surface area contributed by atoms with Gasteiger partial charge in [0.1, 0.15) is 17.5 Å². The Balaban J connectivity index is 2.21.